The number of anilines is 1. The SMILES string of the molecule is CNc1cc([C@H](C)N(C)C(=O)OC(C)(C)C)ccc1C. The molecule has 1 amide bonds. The van der Waals surface area contributed by atoms with E-state index in [2.05, 4.69) is 24.4 Å². The predicted octanol–water partition coefficient (Wildman–Crippen LogP) is 3.96. The maximum absolute atomic E-state index is 12.1. The third-order valence-electron chi connectivity index (χ3n) is 3.28. The average Bonchev–Trinajstić information content (AvgIpc) is 2.35. The highest BCUT2D eigenvalue weighted by Crippen LogP contribution is 2.25. The van der Waals surface area contributed by atoms with Crippen molar-refractivity contribution in [3.63, 3.8) is 0 Å². The monoisotopic (exact) mass is 278 g/mol. The Bertz CT molecular complexity index is 478. The molecular formula is C16H26N2O2. The Hall–Kier alpha value is -1.71. The Morgan fingerprint density at radius 1 is 1.35 bits per heavy atom. The molecule has 0 spiro atoms. The quantitative estimate of drug-likeness (QED) is 0.909. The third kappa shape index (κ3) is 4.15. The summed E-state index contributed by atoms with van der Waals surface area (Å²) in [6.07, 6.45) is -0.309. The van der Waals surface area contributed by atoms with E-state index in [1.165, 1.54) is 5.56 Å². The van der Waals surface area contributed by atoms with Gasteiger partial charge in [0.05, 0.1) is 6.04 Å². The number of ether oxygens (including phenoxy) is 1. The van der Waals surface area contributed by atoms with Crippen molar-refractivity contribution in [2.75, 3.05) is 19.4 Å². The van der Waals surface area contributed by atoms with E-state index in [1.54, 1.807) is 11.9 Å². The molecule has 0 radical (unpaired) electrons. The average molecular weight is 278 g/mol. The van der Waals surface area contributed by atoms with Crippen molar-refractivity contribution in [1.82, 2.24) is 4.90 Å². The zero-order valence-electron chi connectivity index (χ0n) is 13.6. The minimum absolute atomic E-state index is 0.0439. The maximum atomic E-state index is 12.1. The lowest BCUT2D eigenvalue weighted by atomic mass is 10.0. The van der Waals surface area contributed by atoms with E-state index in [9.17, 15) is 4.79 Å². The van der Waals surface area contributed by atoms with E-state index in [0.717, 1.165) is 11.3 Å². The molecule has 1 N–H and O–H groups in total. The lowest BCUT2D eigenvalue weighted by molar-refractivity contribution is 0.0234. The van der Waals surface area contributed by atoms with Gasteiger partial charge in [-0.25, -0.2) is 4.79 Å². The van der Waals surface area contributed by atoms with Crippen LogP contribution in [0.25, 0.3) is 0 Å². The molecule has 1 aromatic carbocycles. The molecule has 0 saturated heterocycles. The molecule has 1 rings (SSSR count). The number of aryl methyl sites for hydroxylation is 1. The van der Waals surface area contributed by atoms with Gasteiger partial charge < -0.3 is 15.0 Å². The van der Waals surface area contributed by atoms with Crippen molar-refractivity contribution in [1.29, 1.82) is 0 Å². The molecule has 0 aliphatic carbocycles. The van der Waals surface area contributed by atoms with E-state index in [1.807, 2.05) is 40.8 Å². The van der Waals surface area contributed by atoms with E-state index < -0.39 is 5.60 Å². The van der Waals surface area contributed by atoms with Crippen LogP contribution in [-0.4, -0.2) is 30.7 Å². The molecule has 0 aliphatic heterocycles. The summed E-state index contributed by atoms with van der Waals surface area (Å²) in [5.74, 6) is 0. The first-order chi connectivity index (χ1) is 9.15. The van der Waals surface area contributed by atoms with Crippen molar-refractivity contribution in [3.8, 4) is 0 Å². The summed E-state index contributed by atoms with van der Waals surface area (Å²) in [4.78, 5) is 13.7. The standard InChI is InChI=1S/C16H26N2O2/c1-11-8-9-13(10-14(11)17-6)12(2)18(7)15(19)20-16(3,4)5/h8-10,12,17H,1-7H3/t12-/m0/s1. The molecule has 1 aromatic rings. The van der Waals surface area contributed by atoms with Gasteiger partial charge in [0.25, 0.3) is 0 Å². The molecule has 0 saturated carbocycles. The van der Waals surface area contributed by atoms with Gasteiger partial charge in [0.1, 0.15) is 5.60 Å². The Morgan fingerprint density at radius 2 is 1.95 bits per heavy atom. The molecule has 4 heteroatoms. The molecule has 1 atom stereocenters. The molecule has 0 unspecified atom stereocenters. The van der Waals surface area contributed by atoms with Gasteiger partial charge in [0.15, 0.2) is 0 Å². The van der Waals surface area contributed by atoms with Crippen molar-refractivity contribution in [2.24, 2.45) is 0 Å². The summed E-state index contributed by atoms with van der Waals surface area (Å²) in [5.41, 5.74) is 2.86. The lowest BCUT2D eigenvalue weighted by Gasteiger charge is -2.29. The first-order valence-electron chi connectivity index (χ1n) is 6.90. The highest BCUT2D eigenvalue weighted by molar-refractivity contribution is 5.68. The van der Waals surface area contributed by atoms with Crippen LogP contribution in [-0.2, 0) is 4.74 Å². The summed E-state index contributed by atoms with van der Waals surface area (Å²) >= 11 is 0. The number of hydrogen-bond acceptors (Lipinski definition) is 3. The Labute approximate surface area is 122 Å². The van der Waals surface area contributed by atoms with E-state index >= 15 is 0 Å². The second-order valence-corrected chi connectivity index (χ2v) is 6.09. The molecule has 4 nitrogen and oxygen atoms in total. The molecule has 112 valence electrons. The smallest absolute Gasteiger partial charge is 0.410 e. The van der Waals surface area contributed by atoms with Crippen LogP contribution in [0.4, 0.5) is 10.5 Å². The van der Waals surface area contributed by atoms with E-state index in [0.29, 0.717) is 0 Å². The molecule has 0 bridgehead atoms. The zero-order valence-corrected chi connectivity index (χ0v) is 13.6. The Balaban J connectivity index is 2.88. The minimum atomic E-state index is -0.478. The number of benzene rings is 1. The molecule has 0 heterocycles. The molecule has 0 aromatic heterocycles. The molecule has 0 aliphatic rings. The van der Waals surface area contributed by atoms with E-state index in [4.69, 9.17) is 4.74 Å². The number of hydrogen-bond donors (Lipinski definition) is 1. The van der Waals surface area contributed by atoms with Crippen LogP contribution < -0.4 is 5.32 Å². The van der Waals surface area contributed by atoms with Gasteiger partial charge in [-0.3, -0.25) is 0 Å². The highest BCUT2D eigenvalue weighted by atomic mass is 16.6. The van der Waals surface area contributed by atoms with Gasteiger partial charge in [0, 0.05) is 19.8 Å². The summed E-state index contributed by atoms with van der Waals surface area (Å²) in [5, 5.41) is 3.16. The Morgan fingerprint density at radius 3 is 2.45 bits per heavy atom. The highest BCUT2D eigenvalue weighted by Gasteiger charge is 2.23. The zero-order chi connectivity index (χ0) is 15.5. The van der Waals surface area contributed by atoms with Gasteiger partial charge in [-0.15, -0.1) is 0 Å². The topological polar surface area (TPSA) is 41.6 Å². The predicted molar refractivity (Wildman–Crippen MR) is 83.1 cm³/mol. The van der Waals surface area contributed by atoms with Gasteiger partial charge in [0.2, 0.25) is 0 Å². The van der Waals surface area contributed by atoms with Crippen molar-refractivity contribution < 1.29 is 9.53 Å². The van der Waals surface area contributed by atoms with Gasteiger partial charge >= 0.3 is 6.09 Å². The van der Waals surface area contributed by atoms with Gasteiger partial charge in [-0.05, 0) is 51.8 Å². The van der Waals surface area contributed by atoms with Crippen molar-refractivity contribution in [3.05, 3.63) is 29.3 Å². The second-order valence-electron chi connectivity index (χ2n) is 6.09. The summed E-state index contributed by atoms with van der Waals surface area (Å²) in [7, 11) is 3.66. The summed E-state index contributed by atoms with van der Waals surface area (Å²) in [6.45, 7) is 9.66. The van der Waals surface area contributed by atoms with Crippen molar-refractivity contribution >= 4 is 11.8 Å². The summed E-state index contributed by atoms with van der Waals surface area (Å²) in [6, 6.07) is 6.13. The first kappa shape index (κ1) is 16.3. The van der Waals surface area contributed by atoms with Gasteiger partial charge in [-0.1, -0.05) is 12.1 Å². The van der Waals surface area contributed by atoms with Crippen LogP contribution in [0.3, 0.4) is 0 Å². The largest absolute Gasteiger partial charge is 0.444 e. The van der Waals surface area contributed by atoms with Crippen LogP contribution in [0.5, 0.6) is 0 Å². The van der Waals surface area contributed by atoms with Crippen LogP contribution in [0.1, 0.15) is 44.9 Å². The number of nitrogens with one attached hydrogen (secondary N) is 1. The fourth-order valence-electron chi connectivity index (χ4n) is 1.88. The number of carbonyl (C=O) groups is 1. The molecule has 0 fully saturated rings. The lowest BCUT2D eigenvalue weighted by Crippen LogP contribution is -2.35. The first-order valence-corrected chi connectivity index (χ1v) is 6.90. The fraction of sp³-hybridized carbons (Fsp3) is 0.562. The molecule has 20 heavy (non-hydrogen) atoms. The summed E-state index contributed by atoms with van der Waals surface area (Å²) < 4.78 is 5.39. The number of nitrogens with zero attached hydrogens (tertiary/aromatic N) is 1. The van der Waals surface area contributed by atoms with Crippen LogP contribution in [0.2, 0.25) is 0 Å². The van der Waals surface area contributed by atoms with Crippen LogP contribution in [0, 0.1) is 6.92 Å². The van der Waals surface area contributed by atoms with E-state index in [-0.39, 0.29) is 12.1 Å². The second kappa shape index (κ2) is 6.16. The molecular weight excluding hydrogens is 252 g/mol. The number of amides is 1. The van der Waals surface area contributed by atoms with Crippen LogP contribution >= 0.6 is 0 Å². The van der Waals surface area contributed by atoms with Gasteiger partial charge in [-0.2, -0.15) is 0 Å². The third-order valence-corrected chi connectivity index (χ3v) is 3.28. The van der Waals surface area contributed by atoms with Crippen molar-refractivity contribution in [2.45, 2.75) is 46.3 Å². The number of rotatable bonds is 3. The number of carbonyl (C=O) groups excluding carboxylic acids is 1. The minimum Gasteiger partial charge on any atom is -0.444 e. The Kier molecular flexibility index (Phi) is 5.03. The maximum Gasteiger partial charge on any atom is 0.410 e. The fourth-order valence-corrected chi connectivity index (χ4v) is 1.88. The normalized spacial score (nSPS) is 12.8. The van der Waals surface area contributed by atoms with Crippen LogP contribution in [0.15, 0.2) is 18.2 Å².